The van der Waals surface area contributed by atoms with Gasteiger partial charge in [0, 0.05) is 29.1 Å². The summed E-state index contributed by atoms with van der Waals surface area (Å²) < 4.78 is 1.69. The van der Waals surface area contributed by atoms with Crippen LogP contribution in [0.5, 0.6) is 0 Å². The van der Waals surface area contributed by atoms with Crippen molar-refractivity contribution in [1.29, 1.82) is 0 Å². The number of rotatable bonds is 6. The van der Waals surface area contributed by atoms with Gasteiger partial charge in [-0.15, -0.1) is 12.4 Å². The van der Waals surface area contributed by atoms with E-state index < -0.39 is 0 Å². The van der Waals surface area contributed by atoms with Gasteiger partial charge in [-0.05, 0) is 50.1 Å². The standard InChI is InChI=1S/C19H21N9O.ClH/c1-11-15(12(2)28-19(23-11)21-10-22-28)7-8-17(29)24-14-5-3-13(4-6-14)18-25-16(9-20)26-27-18;/h3-6,10H,7-9,20H2,1-2H3,(H,24,29)(H,25,26,27);1H. The second kappa shape index (κ2) is 8.97. The lowest BCUT2D eigenvalue weighted by Gasteiger charge is -2.10. The molecule has 4 N–H and O–H groups in total. The molecule has 10 nitrogen and oxygen atoms in total. The van der Waals surface area contributed by atoms with Gasteiger partial charge < -0.3 is 11.1 Å². The van der Waals surface area contributed by atoms with Gasteiger partial charge in [0.1, 0.15) is 12.2 Å². The maximum Gasteiger partial charge on any atom is 0.252 e. The summed E-state index contributed by atoms with van der Waals surface area (Å²) >= 11 is 0. The van der Waals surface area contributed by atoms with Gasteiger partial charge in [0.15, 0.2) is 5.82 Å². The van der Waals surface area contributed by atoms with E-state index in [1.165, 1.54) is 6.33 Å². The number of aromatic nitrogens is 7. The van der Waals surface area contributed by atoms with Crippen molar-refractivity contribution in [3.8, 4) is 11.4 Å². The molecule has 0 bridgehead atoms. The molecule has 0 saturated heterocycles. The van der Waals surface area contributed by atoms with Crippen molar-refractivity contribution in [3.63, 3.8) is 0 Å². The van der Waals surface area contributed by atoms with Crippen molar-refractivity contribution in [1.82, 2.24) is 34.8 Å². The molecule has 0 unspecified atom stereocenters. The number of hydrogen-bond donors (Lipinski definition) is 3. The first kappa shape index (κ1) is 21.3. The number of benzene rings is 1. The number of nitrogens with zero attached hydrogens (tertiary/aromatic N) is 6. The molecule has 0 radical (unpaired) electrons. The van der Waals surface area contributed by atoms with E-state index in [0.29, 0.717) is 42.5 Å². The van der Waals surface area contributed by atoms with Crippen LogP contribution in [0.2, 0.25) is 0 Å². The quantitative estimate of drug-likeness (QED) is 0.427. The van der Waals surface area contributed by atoms with Crippen LogP contribution in [-0.4, -0.2) is 40.7 Å². The van der Waals surface area contributed by atoms with Crippen LogP contribution < -0.4 is 11.1 Å². The van der Waals surface area contributed by atoms with E-state index in [1.54, 1.807) is 4.52 Å². The summed E-state index contributed by atoms with van der Waals surface area (Å²) in [5.41, 5.74) is 9.92. The van der Waals surface area contributed by atoms with Crippen molar-refractivity contribution >= 4 is 29.8 Å². The highest BCUT2D eigenvalue weighted by Gasteiger charge is 2.13. The van der Waals surface area contributed by atoms with Gasteiger partial charge in [-0.1, -0.05) is 0 Å². The van der Waals surface area contributed by atoms with Gasteiger partial charge in [-0.3, -0.25) is 9.89 Å². The molecule has 0 spiro atoms. The normalized spacial score (nSPS) is 10.8. The van der Waals surface area contributed by atoms with Crippen LogP contribution in [0, 0.1) is 13.8 Å². The number of H-pyrrole nitrogens is 1. The molecule has 156 valence electrons. The first-order valence-corrected chi connectivity index (χ1v) is 9.22. The second-order valence-electron chi connectivity index (χ2n) is 6.67. The lowest BCUT2D eigenvalue weighted by Crippen LogP contribution is -2.14. The Morgan fingerprint density at radius 1 is 1.20 bits per heavy atom. The maximum atomic E-state index is 12.4. The predicted octanol–water partition coefficient (Wildman–Crippen LogP) is 1.98. The van der Waals surface area contributed by atoms with Gasteiger partial charge in [-0.2, -0.15) is 15.2 Å². The number of aromatic amines is 1. The van der Waals surface area contributed by atoms with E-state index in [4.69, 9.17) is 5.73 Å². The molecule has 3 aromatic heterocycles. The third kappa shape index (κ3) is 4.29. The molecule has 0 aliphatic carbocycles. The molecule has 0 saturated carbocycles. The molecule has 1 aromatic carbocycles. The summed E-state index contributed by atoms with van der Waals surface area (Å²) in [5.74, 6) is 1.70. The van der Waals surface area contributed by atoms with Gasteiger partial charge in [0.05, 0.1) is 6.54 Å². The second-order valence-corrected chi connectivity index (χ2v) is 6.67. The molecular weight excluding hydrogens is 406 g/mol. The fraction of sp³-hybridized carbons (Fsp3) is 0.263. The van der Waals surface area contributed by atoms with Crippen LogP contribution in [0.1, 0.15) is 29.2 Å². The van der Waals surface area contributed by atoms with E-state index in [1.807, 2.05) is 38.1 Å². The van der Waals surface area contributed by atoms with Crippen LogP contribution in [-0.2, 0) is 17.8 Å². The zero-order valence-corrected chi connectivity index (χ0v) is 17.4. The summed E-state index contributed by atoms with van der Waals surface area (Å²) in [5, 5.41) is 14.0. The summed E-state index contributed by atoms with van der Waals surface area (Å²) in [4.78, 5) is 25.3. The first-order valence-electron chi connectivity index (χ1n) is 9.22. The van der Waals surface area contributed by atoms with Crippen molar-refractivity contribution in [3.05, 3.63) is 53.4 Å². The Hall–Kier alpha value is -3.37. The third-order valence-corrected chi connectivity index (χ3v) is 4.74. The summed E-state index contributed by atoms with van der Waals surface area (Å²) in [6.45, 7) is 4.19. The van der Waals surface area contributed by atoms with Gasteiger partial charge in [0.25, 0.3) is 5.78 Å². The Kier molecular flexibility index (Phi) is 6.38. The van der Waals surface area contributed by atoms with E-state index >= 15 is 0 Å². The molecule has 0 aliphatic rings. The number of carbonyl (C=O) groups is 1. The number of aryl methyl sites for hydroxylation is 2. The van der Waals surface area contributed by atoms with Gasteiger partial charge in [-0.25, -0.2) is 14.5 Å². The van der Waals surface area contributed by atoms with Gasteiger partial charge in [0.2, 0.25) is 5.91 Å². The molecule has 3 heterocycles. The van der Waals surface area contributed by atoms with E-state index in [-0.39, 0.29) is 18.3 Å². The minimum absolute atomic E-state index is 0. The van der Waals surface area contributed by atoms with Crippen molar-refractivity contribution < 1.29 is 4.79 Å². The highest BCUT2D eigenvalue weighted by atomic mass is 35.5. The van der Waals surface area contributed by atoms with Crippen molar-refractivity contribution in [2.45, 2.75) is 33.2 Å². The summed E-state index contributed by atoms with van der Waals surface area (Å²) in [6, 6.07) is 7.36. The molecule has 4 rings (SSSR count). The number of nitrogens with two attached hydrogens (primary N) is 1. The maximum absolute atomic E-state index is 12.4. The Balaban J connectivity index is 0.00000256. The highest BCUT2D eigenvalue weighted by molar-refractivity contribution is 5.91. The highest BCUT2D eigenvalue weighted by Crippen LogP contribution is 2.19. The molecular formula is C19H22ClN9O. The number of nitrogens with one attached hydrogen (secondary N) is 2. The fourth-order valence-electron chi connectivity index (χ4n) is 3.20. The number of halogens is 1. The lowest BCUT2D eigenvalue weighted by atomic mass is 10.1. The molecule has 1 amide bonds. The average Bonchev–Trinajstić information content (AvgIpc) is 3.37. The zero-order valence-electron chi connectivity index (χ0n) is 16.6. The van der Waals surface area contributed by atoms with Crippen LogP contribution in [0.3, 0.4) is 0 Å². The number of amides is 1. The number of fused-ring (bicyclic) bond motifs is 1. The van der Waals surface area contributed by atoms with E-state index in [9.17, 15) is 4.79 Å². The number of carbonyl (C=O) groups excluding carboxylic acids is 1. The Labute approximate surface area is 178 Å². The smallest absolute Gasteiger partial charge is 0.252 e. The molecule has 4 aromatic rings. The van der Waals surface area contributed by atoms with E-state index in [0.717, 1.165) is 22.5 Å². The van der Waals surface area contributed by atoms with Crippen LogP contribution >= 0.6 is 12.4 Å². The minimum atomic E-state index is -0.0708. The number of hydrogen-bond acceptors (Lipinski definition) is 7. The van der Waals surface area contributed by atoms with Crippen LogP contribution in [0.25, 0.3) is 17.2 Å². The van der Waals surface area contributed by atoms with E-state index in [2.05, 4.69) is 35.6 Å². The molecule has 0 atom stereocenters. The summed E-state index contributed by atoms with van der Waals surface area (Å²) in [7, 11) is 0. The summed E-state index contributed by atoms with van der Waals surface area (Å²) in [6.07, 6.45) is 2.39. The Morgan fingerprint density at radius 2 is 1.97 bits per heavy atom. The van der Waals surface area contributed by atoms with Crippen LogP contribution in [0.4, 0.5) is 5.69 Å². The average molecular weight is 428 g/mol. The molecule has 11 heteroatoms. The molecule has 0 aliphatic heterocycles. The first-order chi connectivity index (χ1) is 14.0. The topological polar surface area (TPSA) is 140 Å². The molecule has 30 heavy (non-hydrogen) atoms. The Bertz CT molecular complexity index is 1170. The fourth-order valence-corrected chi connectivity index (χ4v) is 3.20. The van der Waals surface area contributed by atoms with Crippen molar-refractivity contribution in [2.24, 2.45) is 5.73 Å². The number of anilines is 1. The van der Waals surface area contributed by atoms with Crippen molar-refractivity contribution in [2.75, 3.05) is 5.32 Å². The monoisotopic (exact) mass is 427 g/mol. The van der Waals surface area contributed by atoms with Gasteiger partial charge >= 0.3 is 0 Å². The Morgan fingerprint density at radius 3 is 2.67 bits per heavy atom. The minimum Gasteiger partial charge on any atom is -0.326 e. The van der Waals surface area contributed by atoms with Crippen LogP contribution in [0.15, 0.2) is 30.6 Å². The zero-order chi connectivity index (χ0) is 20.4. The predicted molar refractivity (Wildman–Crippen MR) is 114 cm³/mol. The third-order valence-electron chi connectivity index (χ3n) is 4.74. The lowest BCUT2D eigenvalue weighted by molar-refractivity contribution is -0.116. The molecule has 0 fully saturated rings. The SMILES string of the molecule is Cc1nc2ncnn2c(C)c1CCC(=O)Nc1ccc(-c2n[nH]c(CN)n2)cc1.Cl. The largest absolute Gasteiger partial charge is 0.326 e.